The molecule has 0 bridgehead atoms. The predicted octanol–water partition coefficient (Wildman–Crippen LogP) is 2.91. The molecular formula is C15H15NO. The maximum absolute atomic E-state index is 5.97. The van der Waals surface area contributed by atoms with Crippen molar-refractivity contribution in [2.75, 3.05) is 6.54 Å². The summed E-state index contributed by atoms with van der Waals surface area (Å²) < 4.78 is 5.97. The van der Waals surface area contributed by atoms with Gasteiger partial charge in [-0.3, -0.25) is 5.32 Å². The lowest BCUT2D eigenvalue weighted by atomic mass is 10.00. The highest BCUT2D eigenvalue weighted by Crippen LogP contribution is 2.25. The molecule has 0 aromatic heterocycles. The third-order valence-electron chi connectivity index (χ3n) is 3.06. The molecule has 1 aliphatic rings. The van der Waals surface area contributed by atoms with Crippen LogP contribution in [0.15, 0.2) is 54.6 Å². The molecule has 1 atom stereocenters. The van der Waals surface area contributed by atoms with Crippen molar-refractivity contribution >= 4 is 0 Å². The molecule has 86 valence electrons. The van der Waals surface area contributed by atoms with Crippen LogP contribution in [0.1, 0.15) is 17.4 Å². The Kier molecular flexibility index (Phi) is 2.80. The Bertz CT molecular complexity index is 495. The first-order valence-corrected chi connectivity index (χ1v) is 5.96. The van der Waals surface area contributed by atoms with Crippen LogP contribution < -0.4 is 10.1 Å². The van der Waals surface area contributed by atoms with Gasteiger partial charge in [0.15, 0.2) is 6.23 Å². The summed E-state index contributed by atoms with van der Waals surface area (Å²) in [5, 5.41) is 3.40. The van der Waals surface area contributed by atoms with Gasteiger partial charge in [0, 0.05) is 12.1 Å². The van der Waals surface area contributed by atoms with E-state index in [9.17, 15) is 0 Å². The van der Waals surface area contributed by atoms with Crippen LogP contribution in [0.2, 0.25) is 0 Å². The largest absolute Gasteiger partial charge is 0.471 e. The molecule has 2 heteroatoms. The van der Waals surface area contributed by atoms with E-state index < -0.39 is 0 Å². The lowest BCUT2D eigenvalue weighted by Crippen LogP contribution is -2.33. The van der Waals surface area contributed by atoms with E-state index in [0.717, 1.165) is 18.7 Å². The number of rotatable bonds is 2. The Morgan fingerprint density at radius 1 is 0.941 bits per heavy atom. The first-order valence-electron chi connectivity index (χ1n) is 5.96. The van der Waals surface area contributed by atoms with Gasteiger partial charge in [0.2, 0.25) is 0 Å². The second-order valence-electron chi connectivity index (χ2n) is 4.21. The van der Waals surface area contributed by atoms with Gasteiger partial charge in [0.05, 0.1) is 0 Å². The van der Waals surface area contributed by atoms with E-state index in [1.807, 2.05) is 30.3 Å². The van der Waals surface area contributed by atoms with E-state index in [1.54, 1.807) is 0 Å². The van der Waals surface area contributed by atoms with Gasteiger partial charge in [0.25, 0.3) is 0 Å². The minimum Gasteiger partial charge on any atom is -0.471 e. The summed E-state index contributed by atoms with van der Waals surface area (Å²) in [6, 6.07) is 18.4. The lowest BCUT2D eigenvalue weighted by molar-refractivity contribution is 0.159. The molecule has 0 fully saturated rings. The number of para-hydroxylation sites is 1. The van der Waals surface area contributed by atoms with Crippen molar-refractivity contribution < 1.29 is 4.74 Å². The summed E-state index contributed by atoms with van der Waals surface area (Å²) >= 11 is 0. The van der Waals surface area contributed by atoms with E-state index in [2.05, 4.69) is 29.6 Å². The highest BCUT2D eigenvalue weighted by atomic mass is 16.5. The topological polar surface area (TPSA) is 21.3 Å². The molecular weight excluding hydrogens is 210 g/mol. The molecule has 17 heavy (non-hydrogen) atoms. The molecule has 1 heterocycles. The molecule has 3 rings (SSSR count). The summed E-state index contributed by atoms with van der Waals surface area (Å²) in [6.45, 7) is 0.967. The van der Waals surface area contributed by atoms with Gasteiger partial charge >= 0.3 is 0 Å². The number of benzene rings is 2. The van der Waals surface area contributed by atoms with Crippen molar-refractivity contribution in [3.05, 3.63) is 65.7 Å². The zero-order valence-electron chi connectivity index (χ0n) is 9.60. The van der Waals surface area contributed by atoms with Gasteiger partial charge in [-0.05, 0) is 24.1 Å². The number of fused-ring (bicyclic) bond motifs is 1. The Morgan fingerprint density at radius 2 is 1.71 bits per heavy atom. The molecule has 2 aromatic carbocycles. The number of hydrogen-bond donors (Lipinski definition) is 1. The molecule has 0 spiro atoms. The number of nitrogens with one attached hydrogen (secondary N) is 1. The van der Waals surface area contributed by atoms with Gasteiger partial charge in [-0.2, -0.15) is 0 Å². The summed E-state index contributed by atoms with van der Waals surface area (Å²) in [5.41, 5.74) is 2.63. The average molecular weight is 225 g/mol. The molecule has 0 aliphatic carbocycles. The van der Waals surface area contributed by atoms with Crippen LogP contribution in [-0.4, -0.2) is 6.54 Å². The molecule has 0 saturated heterocycles. The van der Waals surface area contributed by atoms with Crippen LogP contribution in [0, 0.1) is 0 Å². The normalized spacial score (nSPS) is 18.5. The monoisotopic (exact) mass is 225 g/mol. The quantitative estimate of drug-likeness (QED) is 0.848. The van der Waals surface area contributed by atoms with Crippen LogP contribution in [0.3, 0.4) is 0 Å². The van der Waals surface area contributed by atoms with Crippen molar-refractivity contribution in [1.29, 1.82) is 0 Å². The Balaban J connectivity index is 1.86. The summed E-state index contributed by atoms with van der Waals surface area (Å²) in [7, 11) is 0. The highest BCUT2D eigenvalue weighted by molar-refractivity contribution is 5.32. The lowest BCUT2D eigenvalue weighted by Gasteiger charge is -2.27. The van der Waals surface area contributed by atoms with Crippen molar-refractivity contribution in [3.63, 3.8) is 0 Å². The predicted molar refractivity (Wildman–Crippen MR) is 68.0 cm³/mol. The van der Waals surface area contributed by atoms with Gasteiger partial charge < -0.3 is 4.74 Å². The molecule has 0 amide bonds. The highest BCUT2D eigenvalue weighted by Gasteiger charge is 2.20. The van der Waals surface area contributed by atoms with Gasteiger partial charge in [0.1, 0.15) is 5.75 Å². The van der Waals surface area contributed by atoms with Gasteiger partial charge in [-0.15, -0.1) is 0 Å². The van der Waals surface area contributed by atoms with Crippen LogP contribution >= 0.6 is 0 Å². The van der Waals surface area contributed by atoms with E-state index in [1.165, 1.54) is 11.1 Å². The SMILES string of the molecule is c1ccc(OC2NCCc3ccccc32)cc1. The fraction of sp³-hybridized carbons (Fsp3) is 0.200. The fourth-order valence-electron chi connectivity index (χ4n) is 2.21. The summed E-state index contributed by atoms with van der Waals surface area (Å²) in [4.78, 5) is 0. The van der Waals surface area contributed by atoms with E-state index in [-0.39, 0.29) is 6.23 Å². The Morgan fingerprint density at radius 3 is 2.59 bits per heavy atom. The van der Waals surface area contributed by atoms with Crippen LogP contribution in [-0.2, 0) is 6.42 Å². The summed E-state index contributed by atoms with van der Waals surface area (Å²) in [6.07, 6.45) is 1.05. The minimum atomic E-state index is -0.0256. The molecule has 1 unspecified atom stereocenters. The van der Waals surface area contributed by atoms with Crippen molar-refractivity contribution in [3.8, 4) is 5.75 Å². The molecule has 0 saturated carbocycles. The third-order valence-corrected chi connectivity index (χ3v) is 3.06. The standard InChI is InChI=1S/C15H15NO/c1-2-7-13(8-3-1)17-15-14-9-5-4-6-12(14)10-11-16-15/h1-9,15-16H,10-11H2. The van der Waals surface area contributed by atoms with E-state index in [0.29, 0.717) is 0 Å². The van der Waals surface area contributed by atoms with Crippen LogP contribution in [0.4, 0.5) is 0 Å². The van der Waals surface area contributed by atoms with Crippen molar-refractivity contribution in [2.45, 2.75) is 12.6 Å². The minimum absolute atomic E-state index is 0.0256. The summed E-state index contributed by atoms with van der Waals surface area (Å²) in [5.74, 6) is 0.904. The second-order valence-corrected chi connectivity index (χ2v) is 4.21. The zero-order valence-corrected chi connectivity index (χ0v) is 9.60. The molecule has 1 aliphatic heterocycles. The molecule has 0 radical (unpaired) electrons. The van der Waals surface area contributed by atoms with E-state index in [4.69, 9.17) is 4.74 Å². The van der Waals surface area contributed by atoms with Crippen LogP contribution in [0.5, 0.6) is 5.75 Å². The van der Waals surface area contributed by atoms with Gasteiger partial charge in [-0.1, -0.05) is 42.5 Å². The third kappa shape index (κ3) is 2.17. The van der Waals surface area contributed by atoms with Crippen LogP contribution in [0.25, 0.3) is 0 Å². The zero-order chi connectivity index (χ0) is 11.5. The molecule has 1 N–H and O–H groups in total. The second kappa shape index (κ2) is 4.60. The first-order chi connectivity index (χ1) is 8.43. The number of hydrogen-bond acceptors (Lipinski definition) is 2. The van der Waals surface area contributed by atoms with Crippen molar-refractivity contribution in [2.24, 2.45) is 0 Å². The van der Waals surface area contributed by atoms with Gasteiger partial charge in [-0.25, -0.2) is 0 Å². The first kappa shape index (κ1) is 10.4. The van der Waals surface area contributed by atoms with E-state index >= 15 is 0 Å². The number of ether oxygens (including phenoxy) is 1. The molecule has 2 aromatic rings. The maximum Gasteiger partial charge on any atom is 0.176 e. The van der Waals surface area contributed by atoms with Crippen molar-refractivity contribution in [1.82, 2.24) is 5.32 Å². The average Bonchev–Trinajstić information content (AvgIpc) is 2.40. The molecule has 2 nitrogen and oxygen atoms in total. The fourth-order valence-corrected chi connectivity index (χ4v) is 2.21. The Labute approximate surface area is 101 Å². The smallest absolute Gasteiger partial charge is 0.176 e. The Hall–Kier alpha value is -1.80. The maximum atomic E-state index is 5.97.